The Kier molecular flexibility index (Phi) is 7.06. The van der Waals surface area contributed by atoms with E-state index in [1.165, 1.54) is 14.2 Å². The molecule has 0 radical (unpaired) electrons. The van der Waals surface area contributed by atoms with Gasteiger partial charge in [0.1, 0.15) is 5.78 Å². The topological polar surface area (TPSA) is 47.6 Å². The lowest BCUT2D eigenvalue weighted by Gasteiger charge is -2.30. The van der Waals surface area contributed by atoms with Gasteiger partial charge in [0.25, 0.3) is 0 Å². The van der Waals surface area contributed by atoms with Crippen LogP contribution in [0.5, 0.6) is 0 Å². The van der Waals surface area contributed by atoms with E-state index in [9.17, 15) is 4.57 Å². The molecule has 146 valence electrons. The lowest BCUT2D eigenvalue weighted by molar-refractivity contribution is 0.257. The van der Waals surface area contributed by atoms with E-state index < -0.39 is 13.4 Å². The third-order valence-electron chi connectivity index (χ3n) is 4.60. The Bertz CT molecular complexity index is 872. The van der Waals surface area contributed by atoms with E-state index in [1.807, 2.05) is 72.8 Å². The largest absolute Gasteiger partial charge is 0.351 e. The molecule has 28 heavy (non-hydrogen) atoms. The molecule has 0 spiro atoms. The van der Waals surface area contributed by atoms with Gasteiger partial charge in [0.05, 0.1) is 6.04 Å². The molecule has 3 rings (SSSR count). The monoisotopic (exact) mass is 415 g/mol. The molecule has 4 nitrogen and oxygen atoms in total. The van der Waals surface area contributed by atoms with Crippen molar-refractivity contribution in [1.29, 1.82) is 0 Å². The van der Waals surface area contributed by atoms with E-state index in [0.29, 0.717) is 5.02 Å². The lowest BCUT2D eigenvalue weighted by Crippen LogP contribution is -2.28. The molecule has 1 N–H and O–H groups in total. The van der Waals surface area contributed by atoms with Gasteiger partial charge in [0.2, 0.25) is 0 Å². The van der Waals surface area contributed by atoms with Crippen LogP contribution < -0.4 is 5.32 Å². The molecule has 0 aromatic heterocycles. The van der Waals surface area contributed by atoms with Crippen molar-refractivity contribution in [2.24, 2.45) is 0 Å². The van der Waals surface area contributed by atoms with Gasteiger partial charge in [-0.25, -0.2) is 0 Å². The zero-order valence-electron chi connectivity index (χ0n) is 15.8. The first-order chi connectivity index (χ1) is 13.6. The molecule has 1 atom stereocenters. The van der Waals surface area contributed by atoms with Crippen molar-refractivity contribution < 1.29 is 13.6 Å². The van der Waals surface area contributed by atoms with Crippen LogP contribution in [0.3, 0.4) is 0 Å². The van der Waals surface area contributed by atoms with Crippen LogP contribution >= 0.6 is 19.2 Å². The quantitative estimate of drug-likeness (QED) is 0.445. The molecule has 3 aromatic rings. The van der Waals surface area contributed by atoms with E-state index >= 15 is 0 Å². The number of hydrogen-bond donors (Lipinski definition) is 1. The first-order valence-corrected chi connectivity index (χ1v) is 10.9. The van der Waals surface area contributed by atoms with Crippen LogP contribution in [0.4, 0.5) is 0 Å². The number of nitrogens with one attached hydrogen (secondary N) is 1. The molecule has 0 heterocycles. The number of halogens is 1. The number of hydrogen-bond acceptors (Lipinski definition) is 4. The molecule has 0 aliphatic carbocycles. The summed E-state index contributed by atoms with van der Waals surface area (Å²) >= 11 is 6.04. The van der Waals surface area contributed by atoms with Crippen LogP contribution in [-0.2, 0) is 13.6 Å². The fraction of sp³-hybridized carbons (Fsp3) is 0.182. The smallest absolute Gasteiger partial charge is 0.311 e. The highest BCUT2D eigenvalue weighted by molar-refractivity contribution is 7.54. The number of rotatable bonds is 8. The van der Waals surface area contributed by atoms with Crippen LogP contribution in [0.25, 0.3) is 0 Å². The molecular formula is C22H23ClNO3P. The lowest BCUT2D eigenvalue weighted by atomic mass is 9.98. The summed E-state index contributed by atoms with van der Waals surface area (Å²) < 4.78 is 24.1. The minimum Gasteiger partial charge on any atom is -0.311 e. The van der Waals surface area contributed by atoms with E-state index in [0.717, 1.165) is 16.7 Å². The third kappa shape index (κ3) is 4.72. The van der Waals surface area contributed by atoms with Crippen LogP contribution in [0.1, 0.15) is 28.5 Å². The minimum atomic E-state index is -3.48. The summed E-state index contributed by atoms with van der Waals surface area (Å²) in [6, 6.07) is 27.0. The zero-order chi connectivity index (χ0) is 20.0. The highest BCUT2D eigenvalue weighted by atomic mass is 35.5. The minimum absolute atomic E-state index is 0.207. The average Bonchev–Trinajstić information content (AvgIpc) is 2.76. The SMILES string of the molecule is COP(=O)(OC)[C@@H](NC(c1ccccc1)c1ccccc1)c1ccc(Cl)cc1. The Morgan fingerprint density at radius 3 is 1.64 bits per heavy atom. The van der Waals surface area contributed by atoms with Crippen LogP contribution in [0.15, 0.2) is 84.9 Å². The van der Waals surface area contributed by atoms with Crippen LogP contribution in [0.2, 0.25) is 5.02 Å². The van der Waals surface area contributed by atoms with Crippen LogP contribution in [0, 0.1) is 0 Å². The van der Waals surface area contributed by atoms with E-state index in [1.54, 1.807) is 12.1 Å². The zero-order valence-corrected chi connectivity index (χ0v) is 17.4. The summed E-state index contributed by atoms with van der Waals surface area (Å²) in [6.45, 7) is 0. The second-order valence-electron chi connectivity index (χ2n) is 6.28. The standard InChI is InChI=1S/C22H23ClNO3P/c1-26-28(25,27-2)22(19-13-15-20(23)16-14-19)24-21(17-9-5-3-6-10-17)18-11-7-4-8-12-18/h3-16,21-22,24H,1-2H3/t22-/m1/s1. The van der Waals surface area contributed by atoms with Gasteiger partial charge in [-0.05, 0) is 28.8 Å². The normalized spacial score (nSPS) is 12.9. The number of benzene rings is 3. The predicted molar refractivity (Wildman–Crippen MR) is 114 cm³/mol. The van der Waals surface area contributed by atoms with Crippen molar-refractivity contribution in [3.8, 4) is 0 Å². The van der Waals surface area contributed by atoms with E-state index in [2.05, 4.69) is 5.32 Å². The third-order valence-corrected chi connectivity index (χ3v) is 6.95. The molecule has 0 saturated heterocycles. The van der Waals surface area contributed by atoms with Gasteiger partial charge >= 0.3 is 7.60 Å². The molecule has 0 amide bonds. The summed E-state index contributed by atoms with van der Waals surface area (Å²) in [7, 11) is -0.682. The van der Waals surface area contributed by atoms with Gasteiger partial charge in [-0.2, -0.15) is 0 Å². The van der Waals surface area contributed by atoms with Gasteiger partial charge in [-0.1, -0.05) is 84.4 Å². The Morgan fingerprint density at radius 2 is 1.21 bits per heavy atom. The fourth-order valence-electron chi connectivity index (χ4n) is 3.13. The average molecular weight is 416 g/mol. The molecule has 3 aromatic carbocycles. The second kappa shape index (κ2) is 9.51. The first kappa shape index (κ1) is 20.8. The highest BCUT2D eigenvalue weighted by Gasteiger charge is 2.37. The van der Waals surface area contributed by atoms with Crippen molar-refractivity contribution >= 4 is 19.2 Å². The van der Waals surface area contributed by atoms with Crippen molar-refractivity contribution in [2.45, 2.75) is 11.8 Å². The van der Waals surface area contributed by atoms with Crippen molar-refractivity contribution in [1.82, 2.24) is 5.32 Å². The summed E-state index contributed by atoms with van der Waals surface area (Å²) in [5.74, 6) is -0.676. The predicted octanol–water partition coefficient (Wildman–Crippen LogP) is 6.20. The van der Waals surface area contributed by atoms with Crippen LogP contribution in [-0.4, -0.2) is 14.2 Å². The van der Waals surface area contributed by atoms with Gasteiger partial charge in [-0.15, -0.1) is 0 Å². The second-order valence-corrected chi connectivity index (χ2v) is 9.04. The fourth-order valence-corrected chi connectivity index (χ4v) is 4.70. The Hall–Kier alpha value is -1.94. The van der Waals surface area contributed by atoms with Gasteiger partial charge in [-0.3, -0.25) is 9.88 Å². The van der Waals surface area contributed by atoms with Crippen molar-refractivity contribution in [3.05, 3.63) is 107 Å². The molecular weight excluding hydrogens is 393 g/mol. The molecule has 0 saturated carbocycles. The molecule has 0 aliphatic heterocycles. The Labute approximate surface area is 171 Å². The van der Waals surface area contributed by atoms with Crippen molar-refractivity contribution in [2.75, 3.05) is 14.2 Å². The Balaban J connectivity index is 2.07. The maximum atomic E-state index is 13.4. The molecule has 0 fully saturated rings. The molecule has 0 unspecified atom stereocenters. The van der Waals surface area contributed by atoms with Gasteiger partial charge in [0.15, 0.2) is 0 Å². The summed E-state index contributed by atoms with van der Waals surface area (Å²) in [4.78, 5) is 0. The first-order valence-electron chi connectivity index (χ1n) is 8.90. The molecule has 6 heteroatoms. The summed E-state index contributed by atoms with van der Waals surface area (Å²) in [6.07, 6.45) is 0. The molecule has 0 aliphatic rings. The maximum Gasteiger partial charge on any atom is 0.351 e. The van der Waals surface area contributed by atoms with E-state index in [-0.39, 0.29) is 6.04 Å². The Morgan fingerprint density at radius 1 is 0.750 bits per heavy atom. The van der Waals surface area contributed by atoms with Crippen molar-refractivity contribution in [3.63, 3.8) is 0 Å². The highest BCUT2D eigenvalue weighted by Crippen LogP contribution is 2.59. The van der Waals surface area contributed by atoms with E-state index in [4.69, 9.17) is 20.6 Å². The maximum absolute atomic E-state index is 13.4. The summed E-state index contributed by atoms with van der Waals surface area (Å²) in [5, 5.41) is 4.12. The summed E-state index contributed by atoms with van der Waals surface area (Å²) in [5.41, 5.74) is 2.87. The van der Waals surface area contributed by atoms with Gasteiger partial charge < -0.3 is 9.05 Å². The van der Waals surface area contributed by atoms with Gasteiger partial charge in [0, 0.05) is 19.2 Å². The molecule has 0 bridgehead atoms.